The molecule has 0 unspecified atom stereocenters. The highest BCUT2D eigenvalue weighted by molar-refractivity contribution is 3.93. The third kappa shape index (κ3) is 0. The van der Waals surface area contributed by atoms with Gasteiger partial charge in [0.15, 0.2) is 0 Å². The molecular formula is C36H110. The van der Waals surface area contributed by atoms with E-state index in [0.29, 0.717) is 0 Å². The van der Waals surface area contributed by atoms with Crippen LogP contribution in [0, 0.1) is 0 Å². The van der Waals surface area contributed by atoms with E-state index in [2.05, 4.69) is 69.2 Å². The summed E-state index contributed by atoms with van der Waals surface area (Å²) >= 11 is 0. The fraction of sp³-hybridized carbons (Fsp3) is 1.00. The highest BCUT2D eigenvalue weighted by Gasteiger charge is 1.36. The van der Waals surface area contributed by atoms with Crippen molar-refractivity contribution in [1.82, 2.24) is 0 Å². The van der Waals surface area contributed by atoms with E-state index in [9.17, 15) is 0 Å². The van der Waals surface area contributed by atoms with E-state index >= 15 is 0 Å². The van der Waals surface area contributed by atoms with E-state index in [1.807, 2.05) is 96.9 Å². The Bertz CT molecular complexity index is 11.6. The quantitative estimate of drug-likeness (QED) is 0.285. The van der Waals surface area contributed by atoms with E-state index in [-0.39, 0.29) is 52.0 Å². The zero-order valence-corrected chi connectivity index (χ0v) is 27.5. The predicted octanol–water partition coefficient (Wildman–Crippen LogP) is 18.7. The average molecular weight is 543 g/mol. The van der Waals surface area contributed by atoms with E-state index in [1.54, 1.807) is 0 Å². The largest absolute Gasteiger partial charge is 0.0776 e. The lowest BCUT2D eigenvalue weighted by Gasteiger charge is -1.48. The van der Waals surface area contributed by atoms with Crippen LogP contribution in [0.3, 0.4) is 0 Å². The maximum atomic E-state index is 2.12. The molecule has 36 heavy (non-hydrogen) atoms. The Kier molecular flexibility index (Phi) is 6860. The molecule has 0 rings (SSSR count). The van der Waals surface area contributed by atoms with Crippen molar-refractivity contribution in [3.8, 4) is 0 Å². The summed E-state index contributed by atoms with van der Waals surface area (Å²) in [5, 5.41) is 0. The Hall–Kier alpha value is 0. The third-order valence-corrected chi connectivity index (χ3v) is 0. The molecule has 0 N–H and O–H groups in total. The summed E-state index contributed by atoms with van der Waals surface area (Å²) in [6.07, 6.45) is 6.25. The lowest BCUT2D eigenvalue weighted by atomic mass is 10.6. The number of rotatable bonds is 0. The Morgan fingerprint density at radius 1 is 0.167 bits per heavy atom. The van der Waals surface area contributed by atoms with Crippen molar-refractivity contribution in [2.24, 2.45) is 0 Å². The fourth-order valence-corrected chi connectivity index (χ4v) is 0. The van der Waals surface area contributed by atoms with E-state index < -0.39 is 0 Å². The van der Waals surface area contributed by atoms with E-state index in [0.717, 1.165) is 0 Å². The van der Waals surface area contributed by atoms with Gasteiger partial charge in [-0.05, 0) is 0 Å². The number of hydrogen-bond acceptors (Lipinski definition) is 0. The molecule has 0 spiro atoms. The molecule has 0 nitrogen and oxygen atoms in total. The minimum atomic E-state index is 0. The summed E-state index contributed by atoms with van der Waals surface area (Å²) in [6, 6.07) is 0. The van der Waals surface area contributed by atoms with E-state index in [4.69, 9.17) is 0 Å². The summed E-state index contributed by atoms with van der Waals surface area (Å²) in [5.74, 6) is 0. The summed E-state index contributed by atoms with van der Waals surface area (Å²) in [4.78, 5) is 0. The summed E-state index contributed by atoms with van der Waals surface area (Å²) in [5.41, 5.74) is 0. The van der Waals surface area contributed by atoms with Crippen LogP contribution in [-0.4, -0.2) is 0 Å². The maximum Gasteiger partial charge on any atom is -0.0590 e. The number of hydrogen-bond donors (Lipinski definition) is 0. The molecule has 0 heterocycles. The maximum absolute atomic E-state index is 2.12. The molecule has 0 aliphatic carbocycles. The molecule has 0 bridgehead atoms. The highest BCUT2D eigenvalue weighted by Crippen LogP contribution is 1.57. The zero-order chi connectivity index (χ0) is 27.5. The van der Waals surface area contributed by atoms with Crippen LogP contribution in [0.25, 0.3) is 0 Å². The first kappa shape index (κ1) is 153. The van der Waals surface area contributed by atoms with Gasteiger partial charge in [-0.15, -0.1) is 0 Å². The second-order valence-corrected chi connectivity index (χ2v) is 3.54. The minimum Gasteiger partial charge on any atom is -0.0776 e. The standard InChI is InChI=1S/5C3H8.7C2H6.7CH4/c5*1-3-2;7*1-2;;;;;;;/h5*3H2,1-2H3;7*1-2H3;7*1H4. The molecule has 0 aliphatic rings. The molecule has 0 fully saturated rings. The van der Waals surface area contributed by atoms with Gasteiger partial charge in [0, 0.05) is 0 Å². The van der Waals surface area contributed by atoms with Crippen molar-refractivity contribution in [3.63, 3.8) is 0 Å². The highest BCUT2D eigenvalue weighted by atomic mass is 13.4. The lowest BCUT2D eigenvalue weighted by Crippen LogP contribution is -1.27. The van der Waals surface area contributed by atoms with Crippen molar-refractivity contribution in [2.45, 2.75) is 250 Å². The topological polar surface area (TPSA) is 0 Å². The zero-order valence-electron chi connectivity index (χ0n) is 27.5. The van der Waals surface area contributed by atoms with Gasteiger partial charge in [0.25, 0.3) is 0 Å². The molecule has 0 radical (unpaired) electrons. The molecule has 0 aromatic heterocycles. The molecule has 0 heteroatoms. The van der Waals surface area contributed by atoms with Crippen molar-refractivity contribution >= 4 is 0 Å². The molecule has 0 aliphatic heterocycles. The Labute approximate surface area is 250 Å². The van der Waals surface area contributed by atoms with Gasteiger partial charge in [0.1, 0.15) is 0 Å². The SMILES string of the molecule is C.C.C.C.C.C.C.CC.CC.CC.CC.CC.CC.CC.CCC.CCC.CCC.CCC.CCC. The van der Waals surface area contributed by atoms with E-state index in [1.165, 1.54) is 32.1 Å². The Morgan fingerprint density at radius 2 is 0.167 bits per heavy atom. The van der Waals surface area contributed by atoms with Gasteiger partial charge in [0.05, 0.1) is 0 Å². The minimum absolute atomic E-state index is 0. The molecule has 0 saturated carbocycles. The van der Waals surface area contributed by atoms with Gasteiger partial charge < -0.3 is 0 Å². The molecule has 0 amide bonds. The summed E-state index contributed by atoms with van der Waals surface area (Å²) in [7, 11) is 0. The molecule has 0 saturated heterocycles. The molecule has 0 aromatic rings. The van der Waals surface area contributed by atoms with Crippen molar-refractivity contribution in [2.75, 3.05) is 0 Å². The predicted molar refractivity (Wildman–Crippen MR) is 206 cm³/mol. The molecular weight excluding hydrogens is 432 g/mol. The second kappa shape index (κ2) is 1620. The van der Waals surface area contributed by atoms with Crippen LogP contribution in [-0.2, 0) is 0 Å². The monoisotopic (exact) mass is 543 g/mol. The smallest absolute Gasteiger partial charge is 0.0590 e. The normalized spacial score (nSPS) is 3.67. The van der Waals surface area contributed by atoms with Crippen molar-refractivity contribution in [3.05, 3.63) is 0 Å². The second-order valence-electron chi connectivity index (χ2n) is 3.54. The van der Waals surface area contributed by atoms with Crippen LogP contribution in [0.5, 0.6) is 0 Å². The van der Waals surface area contributed by atoms with Gasteiger partial charge in [-0.25, -0.2) is 0 Å². The molecule has 254 valence electrons. The van der Waals surface area contributed by atoms with Gasteiger partial charge >= 0.3 is 0 Å². The van der Waals surface area contributed by atoms with Crippen molar-refractivity contribution in [1.29, 1.82) is 0 Å². The Morgan fingerprint density at radius 3 is 0.167 bits per heavy atom. The summed E-state index contributed by atoms with van der Waals surface area (Å²) in [6.45, 7) is 49.2. The molecule has 0 atom stereocenters. The van der Waals surface area contributed by atoms with Crippen molar-refractivity contribution < 1.29 is 0 Å². The molecule has 0 aromatic carbocycles. The van der Waals surface area contributed by atoms with Gasteiger partial charge in [-0.2, -0.15) is 0 Å². The fourth-order valence-electron chi connectivity index (χ4n) is 0. The lowest BCUT2D eigenvalue weighted by molar-refractivity contribution is 1.09. The van der Waals surface area contributed by atoms with Crippen LogP contribution in [0.15, 0.2) is 0 Å². The van der Waals surface area contributed by atoms with Gasteiger partial charge in [-0.1, -0.05) is 250 Å². The van der Waals surface area contributed by atoms with Crippen LogP contribution >= 0.6 is 0 Å². The first-order chi connectivity index (χ1) is 14.1. The Balaban J connectivity index is -0.00000000509. The third-order valence-electron chi connectivity index (χ3n) is 0. The average Bonchev–Trinajstić information content (AvgIpc) is 2.80. The van der Waals surface area contributed by atoms with Crippen LogP contribution in [0.1, 0.15) is 250 Å². The first-order valence-corrected chi connectivity index (χ1v) is 14.1. The van der Waals surface area contributed by atoms with Crippen LogP contribution in [0.2, 0.25) is 0 Å². The van der Waals surface area contributed by atoms with Gasteiger partial charge in [0.2, 0.25) is 0 Å². The van der Waals surface area contributed by atoms with Crippen LogP contribution in [0.4, 0.5) is 0 Å². The first-order valence-electron chi connectivity index (χ1n) is 14.1. The summed E-state index contributed by atoms with van der Waals surface area (Å²) < 4.78 is 0. The van der Waals surface area contributed by atoms with Crippen LogP contribution < -0.4 is 0 Å². The van der Waals surface area contributed by atoms with Gasteiger partial charge in [-0.3, -0.25) is 0 Å².